The van der Waals surface area contributed by atoms with Crippen LogP contribution in [0.4, 0.5) is 0 Å². The van der Waals surface area contributed by atoms with Crippen molar-refractivity contribution in [2.24, 2.45) is 7.05 Å². The van der Waals surface area contributed by atoms with Crippen LogP contribution >= 0.6 is 11.3 Å². The van der Waals surface area contributed by atoms with Crippen LogP contribution in [0.3, 0.4) is 0 Å². The molecule has 22 heavy (non-hydrogen) atoms. The molecule has 3 aromatic heterocycles. The maximum atomic E-state index is 5.44. The molecule has 1 aliphatic heterocycles. The number of aromatic nitrogens is 3. The largest absolute Gasteiger partial charge is 0.353 e. The molecule has 0 aromatic carbocycles. The number of rotatable bonds is 4. The first kappa shape index (κ1) is 13.7. The van der Waals surface area contributed by atoms with Gasteiger partial charge in [-0.25, -0.2) is 0 Å². The fourth-order valence-electron chi connectivity index (χ4n) is 3.17. The van der Waals surface area contributed by atoms with Crippen LogP contribution < -0.4 is 0 Å². The van der Waals surface area contributed by atoms with Crippen LogP contribution in [0.2, 0.25) is 0 Å². The fourth-order valence-corrected chi connectivity index (χ4v) is 3.82. The van der Waals surface area contributed by atoms with Gasteiger partial charge < -0.3 is 9.09 Å². The minimum Gasteiger partial charge on any atom is -0.353 e. The maximum absolute atomic E-state index is 5.44. The Morgan fingerprint density at radius 3 is 3.09 bits per heavy atom. The molecular weight excluding hydrogens is 296 g/mol. The maximum Gasteiger partial charge on any atom is 0.241 e. The molecule has 4 rings (SSSR count). The third-order valence-electron chi connectivity index (χ3n) is 4.24. The summed E-state index contributed by atoms with van der Waals surface area (Å²) in [5.41, 5.74) is 1.36. The van der Waals surface area contributed by atoms with Crippen LogP contribution in [-0.2, 0) is 13.6 Å². The standard InChI is InChI=1S/C16H18N4OS/c1-19-8-2-5-12(19)13-6-3-9-20(13)11-15-17-16(18-21-15)14-7-4-10-22-14/h2,4-5,7-8,10,13H,3,6,9,11H2,1H3/t13-/m0/s1. The number of nitrogens with zero attached hydrogens (tertiary/aromatic N) is 4. The van der Waals surface area contributed by atoms with Crippen LogP contribution in [0, 0.1) is 0 Å². The normalized spacial score (nSPS) is 19.0. The van der Waals surface area contributed by atoms with Crippen molar-refractivity contribution in [3.8, 4) is 10.7 Å². The van der Waals surface area contributed by atoms with Gasteiger partial charge in [0.1, 0.15) is 0 Å². The smallest absolute Gasteiger partial charge is 0.241 e. The van der Waals surface area contributed by atoms with Crippen LogP contribution in [-0.4, -0.2) is 26.2 Å². The van der Waals surface area contributed by atoms with Crippen molar-refractivity contribution in [3.05, 3.63) is 47.4 Å². The first-order chi connectivity index (χ1) is 10.8. The molecule has 0 spiro atoms. The fraction of sp³-hybridized carbons (Fsp3) is 0.375. The van der Waals surface area contributed by atoms with E-state index in [-0.39, 0.29) is 0 Å². The molecule has 4 heterocycles. The molecule has 1 saturated heterocycles. The lowest BCUT2D eigenvalue weighted by Gasteiger charge is -2.23. The van der Waals surface area contributed by atoms with E-state index in [1.54, 1.807) is 11.3 Å². The van der Waals surface area contributed by atoms with Gasteiger partial charge in [-0.15, -0.1) is 11.3 Å². The summed E-state index contributed by atoms with van der Waals surface area (Å²) in [5, 5.41) is 6.12. The van der Waals surface area contributed by atoms with E-state index >= 15 is 0 Å². The zero-order valence-corrected chi connectivity index (χ0v) is 13.3. The molecule has 0 N–H and O–H groups in total. The lowest BCUT2D eigenvalue weighted by Crippen LogP contribution is -2.24. The highest BCUT2D eigenvalue weighted by atomic mass is 32.1. The van der Waals surface area contributed by atoms with Crippen molar-refractivity contribution >= 4 is 11.3 Å². The molecule has 6 heteroatoms. The quantitative estimate of drug-likeness (QED) is 0.740. The Bertz CT molecular complexity index is 746. The van der Waals surface area contributed by atoms with Crippen LogP contribution in [0.15, 0.2) is 40.4 Å². The van der Waals surface area contributed by atoms with E-state index in [1.165, 1.54) is 18.5 Å². The van der Waals surface area contributed by atoms with Crippen LogP contribution in [0.5, 0.6) is 0 Å². The SMILES string of the molecule is Cn1cccc1[C@@H]1CCCN1Cc1nc(-c2cccs2)no1. The highest BCUT2D eigenvalue weighted by molar-refractivity contribution is 7.13. The molecule has 3 aromatic rings. The third kappa shape index (κ3) is 2.48. The third-order valence-corrected chi connectivity index (χ3v) is 5.10. The molecule has 1 atom stereocenters. The van der Waals surface area contributed by atoms with E-state index in [1.807, 2.05) is 17.5 Å². The number of thiophene rings is 1. The minimum absolute atomic E-state index is 0.442. The molecule has 0 amide bonds. The van der Waals surface area contributed by atoms with Gasteiger partial charge in [-0.1, -0.05) is 11.2 Å². The van der Waals surface area contributed by atoms with Gasteiger partial charge in [0.05, 0.1) is 17.5 Å². The summed E-state index contributed by atoms with van der Waals surface area (Å²) in [6.45, 7) is 1.79. The zero-order valence-electron chi connectivity index (χ0n) is 12.5. The topological polar surface area (TPSA) is 47.1 Å². The molecule has 0 bridgehead atoms. The van der Waals surface area contributed by atoms with Crippen molar-refractivity contribution in [1.29, 1.82) is 0 Å². The molecule has 1 aliphatic rings. The number of likely N-dealkylation sites (tertiary alicyclic amines) is 1. The number of aryl methyl sites for hydroxylation is 1. The molecule has 5 nitrogen and oxygen atoms in total. The van der Waals surface area contributed by atoms with Gasteiger partial charge in [-0.05, 0) is 43.0 Å². The van der Waals surface area contributed by atoms with Gasteiger partial charge in [0.25, 0.3) is 0 Å². The van der Waals surface area contributed by atoms with Gasteiger partial charge in [0, 0.05) is 18.9 Å². The van der Waals surface area contributed by atoms with Crippen molar-refractivity contribution in [3.63, 3.8) is 0 Å². The Hall–Kier alpha value is -1.92. The van der Waals surface area contributed by atoms with Gasteiger partial charge in [0.15, 0.2) is 0 Å². The predicted octanol–water partition coefficient (Wildman–Crippen LogP) is 3.47. The highest BCUT2D eigenvalue weighted by Crippen LogP contribution is 2.33. The first-order valence-electron chi connectivity index (χ1n) is 7.53. The zero-order chi connectivity index (χ0) is 14.9. The lowest BCUT2D eigenvalue weighted by atomic mass is 10.1. The van der Waals surface area contributed by atoms with Crippen molar-refractivity contribution in [2.75, 3.05) is 6.54 Å². The Kier molecular flexibility index (Phi) is 3.56. The Labute approximate surface area is 133 Å². The van der Waals surface area contributed by atoms with Gasteiger partial charge in [-0.3, -0.25) is 4.90 Å². The molecule has 0 radical (unpaired) electrons. The van der Waals surface area contributed by atoms with Crippen molar-refractivity contribution in [2.45, 2.75) is 25.4 Å². The summed E-state index contributed by atoms with van der Waals surface area (Å²) in [7, 11) is 2.10. The predicted molar refractivity (Wildman–Crippen MR) is 85.4 cm³/mol. The summed E-state index contributed by atoms with van der Waals surface area (Å²) in [5.74, 6) is 1.39. The Balaban J connectivity index is 1.52. The van der Waals surface area contributed by atoms with E-state index in [0.717, 1.165) is 11.4 Å². The van der Waals surface area contributed by atoms with E-state index in [9.17, 15) is 0 Å². The summed E-state index contributed by atoms with van der Waals surface area (Å²) in [4.78, 5) is 8.02. The van der Waals surface area contributed by atoms with Crippen molar-refractivity contribution in [1.82, 2.24) is 19.6 Å². The summed E-state index contributed by atoms with van der Waals surface area (Å²) >= 11 is 1.63. The molecule has 0 aliphatic carbocycles. The molecule has 114 valence electrons. The van der Waals surface area contributed by atoms with E-state index < -0.39 is 0 Å². The second-order valence-electron chi connectivity index (χ2n) is 5.66. The average Bonchev–Trinajstić information content (AvgIpc) is 3.25. The highest BCUT2D eigenvalue weighted by Gasteiger charge is 2.29. The second-order valence-corrected chi connectivity index (χ2v) is 6.61. The van der Waals surface area contributed by atoms with Crippen LogP contribution in [0.25, 0.3) is 10.7 Å². The summed E-state index contributed by atoms with van der Waals surface area (Å²) in [6.07, 6.45) is 4.50. The van der Waals surface area contributed by atoms with Gasteiger partial charge in [0.2, 0.25) is 11.7 Å². The Morgan fingerprint density at radius 1 is 1.36 bits per heavy atom. The lowest BCUT2D eigenvalue weighted by molar-refractivity contribution is 0.207. The number of hydrogen-bond donors (Lipinski definition) is 0. The first-order valence-corrected chi connectivity index (χ1v) is 8.41. The summed E-state index contributed by atoms with van der Waals surface area (Å²) in [6, 6.07) is 8.77. The monoisotopic (exact) mass is 314 g/mol. The minimum atomic E-state index is 0.442. The summed E-state index contributed by atoms with van der Waals surface area (Å²) < 4.78 is 7.65. The van der Waals surface area contributed by atoms with Crippen LogP contribution in [0.1, 0.15) is 30.5 Å². The number of hydrogen-bond acceptors (Lipinski definition) is 5. The average molecular weight is 314 g/mol. The second kappa shape index (κ2) is 5.70. The van der Waals surface area contributed by atoms with E-state index in [0.29, 0.717) is 24.3 Å². The van der Waals surface area contributed by atoms with Gasteiger partial charge >= 0.3 is 0 Å². The Morgan fingerprint density at radius 2 is 2.32 bits per heavy atom. The van der Waals surface area contributed by atoms with E-state index in [4.69, 9.17) is 4.52 Å². The van der Waals surface area contributed by atoms with Crippen molar-refractivity contribution < 1.29 is 4.52 Å². The van der Waals surface area contributed by atoms with Gasteiger partial charge in [-0.2, -0.15) is 4.98 Å². The molecular formula is C16H18N4OS. The van der Waals surface area contributed by atoms with E-state index in [2.05, 4.69) is 45.0 Å². The molecule has 0 saturated carbocycles. The molecule has 1 fully saturated rings. The molecule has 0 unspecified atom stereocenters.